The third-order valence-electron chi connectivity index (χ3n) is 0. The second kappa shape index (κ2) is 8.94. The lowest BCUT2D eigenvalue weighted by molar-refractivity contribution is -0.233. The maximum absolute atomic E-state index is 8.65. The average Bonchev–Trinajstić information content (AvgIpc) is 1.33. The molecule has 0 aliphatic carbocycles. The maximum atomic E-state index is 8.65. The SMILES string of the molecule is O=C([O-])Cl.[N-]=C=O. The van der Waals surface area contributed by atoms with Crippen molar-refractivity contribution in [1.29, 1.82) is 0 Å². The van der Waals surface area contributed by atoms with Gasteiger partial charge < -0.3 is 15.3 Å². The molecule has 40 valence electrons. The second-order valence-electron chi connectivity index (χ2n) is 0.329. The van der Waals surface area contributed by atoms with E-state index in [2.05, 4.69) is 11.6 Å². The maximum Gasteiger partial charge on any atom is 0.134 e. The van der Waals surface area contributed by atoms with Crippen molar-refractivity contribution in [1.82, 2.24) is 0 Å². The Balaban J connectivity index is 0. The van der Waals surface area contributed by atoms with Crippen LogP contribution in [0.4, 0.5) is 4.79 Å². The van der Waals surface area contributed by atoms with Gasteiger partial charge in [0.25, 0.3) is 0 Å². The normalized spacial score (nSPS) is 4.71. The Bertz CT molecular complexity index is 80.9. The topological polar surface area (TPSA) is 79.5 Å². The van der Waals surface area contributed by atoms with E-state index >= 15 is 0 Å². The molecule has 0 aromatic carbocycles. The number of hydrogen-bond acceptors (Lipinski definition) is 3. The first-order valence-corrected chi connectivity index (χ1v) is 1.40. The molecular weight excluding hydrogens is 121 g/mol. The van der Waals surface area contributed by atoms with Gasteiger partial charge in [0.2, 0.25) is 0 Å². The molecule has 7 heavy (non-hydrogen) atoms. The van der Waals surface area contributed by atoms with Crippen LogP contribution >= 0.6 is 11.6 Å². The van der Waals surface area contributed by atoms with Crippen molar-refractivity contribution >= 4 is 23.1 Å². The molecule has 0 unspecified atom stereocenters. The minimum absolute atomic E-state index is 0.500. The summed E-state index contributed by atoms with van der Waals surface area (Å²) < 4.78 is 0. The Morgan fingerprint density at radius 1 is 1.86 bits per heavy atom. The van der Waals surface area contributed by atoms with E-state index in [1.807, 2.05) is 0 Å². The number of rotatable bonds is 0. The first kappa shape index (κ1) is 9.46. The summed E-state index contributed by atoms with van der Waals surface area (Å²) in [5.41, 5.74) is -1.61. The van der Waals surface area contributed by atoms with Crippen LogP contribution in [0.15, 0.2) is 0 Å². The van der Waals surface area contributed by atoms with Crippen molar-refractivity contribution in [2.45, 2.75) is 0 Å². The molecule has 0 aliphatic heterocycles. The lowest BCUT2D eigenvalue weighted by Gasteiger charge is -1.73. The third-order valence-corrected chi connectivity index (χ3v) is 0. The highest BCUT2D eigenvalue weighted by atomic mass is 35.5. The van der Waals surface area contributed by atoms with Gasteiger partial charge in [-0.15, -0.1) is 0 Å². The molecular formula is C2ClNO3-2. The Labute approximate surface area is 44.2 Å². The lowest BCUT2D eigenvalue weighted by Crippen LogP contribution is -2.11. The lowest BCUT2D eigenvalue weighted by atomic mass is 11.6. The quantitative estimate of drug-likeness (QED) is 0.245. The minimum Gasteiger partial charge on any atom is -0.724 e. The van der Waals surface area contributed by atoms with Gasteiger partial charge in [-0.3, -0.25) is 4.79 Å². The van der Waals surface area contributed by atoms with E-state index in [1.165, 1.54) is 0 Å². The number of halogens is 1. The molecule has 0 bridgehead atoms. The fraction of sp³-hybridized carbons (Fsp3) is 0. The fourth-order valence-corrected chi connectivity index (χ4v) is 0. The summed E-state index contributed by atoms with van der Waals surface area (Å²) in [6, 6.07) is 0. The molecule has 0 radical (unpaired) electrons. The smallest absolute Gasteiger partial charge is 0.134 e. The molecule has 4 nitrogen and oxygen atoms in total. The fourth-order valence-electron chi connectivity index (χ4n) is 0. The van der Waals surface area contributed by atoms with Crippen molar-refractivity contribution in [2.24, 2.45) is 0 Å². The number of carbonyl (C=O) groups is 1. The van der Waals surface area contributed by atoms with Crippen LogP contribution in [0.1, 0.15) is 0 Å². The number of carbonyl (C=O) groups excluding carboxylic acids is 2. The third kappa shape index (κ3) is 68.5. The van der Waals surface area contributed by atoms with Gasteiger partial charge in [0.1, 0.15) is 5.43 Å². The second-order valence-corrected chi connectivity index (χ2v) is 0.638. The first-order chi connectivity index (χ1) is 3.15. The Hall–Kier alpha value is -0.860. The summed E-state index contributed by atoms with van der Waals surface area (Å²) in [4.78, 5) is 16.9. The molecule has 0 spiro atoms. The van der Waals surface area contributed by atoms with Gasteiger partial charge in [-0.2, -0.15) is 0 Å². The highest BCUT2D eigenvalue weighted by Gasteiger charge is 1.51. The summed E-state index contributed by atoms with van der Waals surface area (Å²) in [6.07, 6.45) is 0.500. The van der Waals surface area contributed by atoms with Gasteiger partial charge >= 0.3 is 0 Å². The van der Waals surface area contributed by atoms with Crippen LogP contribution in [0.3, 0.4) is 0 Å². The predicted octanol–water partition coefficient (Wildman–Crippen LogP) is -0.540. The van der Waals surface area contributed by atoms with Crippen molar-refractivity contribution in [3.63, 3.8) is 0 Å². The van der Waals surface area contributed by atoms with Crippen LogP contribution in [0.25, 0.3) is 5.41 Å². The first-order valence-electron chi connectivity index (χ1n) is 1.02. The van der Waals surface area contributed by atoms with Crippen LogP contribution in [-0.4, -0.2) is 11.5 Å². The zero-order valence-corrected chi connectivity index (χ0v) is 3.81. The van der Waals surface area contributed by atoms with Crippen molar-refractivity contribution in [3.8, 4) is 0 Å². The molecule has 0 saturated carbocycles. The van der Waals surface area contributed by atoms with E-state index < -0.39 is 5.43 Å². The van der Waals surface area contributed by atoms with Crippen molar-refractivity contribution in [2.75, 3.05) is 0 Å². The van der Waals surface area contributed by atoms with E-state index in [-0.39, 0.29) is 0 Å². The summed E-state index contributed by atoms with van der Waals surface area (Å²) >= 11 is 4.08. The van der Waals surface area contributed by atoms with Gasteiger partial charge in [0.15, 0.2) is 0 Å². The monoisotopic (exact) mass is 121 g/mol. The van der Waals surface area contributed by atoms with Crippen LogP contribution in [0.5, 0.6) is 0 Å². The van der Waals surface area contributed by atoms with Gasteiger partial charge in [-0.1, -0.05) is 11.6 Å². The minimum atomic E-state index is -1.61. The zero-order chi connectivity index (χ0) is 6.28. The molecule has 0 aliphatic rings. The molecule has 0 rings (SSSR count). The number of hydrogen-bond donors (Lipinski definition) is 0. The van der Waals surface area contributed by atoms with Crippen LogP contribution in [0, 0.1) is 0 Å². The van der Waals surface area contributed by atoms with Crippen LogP contribution in [0.2, 0.25) is 0 Å². The zero-order valence-electron chi connectivity index (χ0n) is 3.05. The Morgan fingerprint density at radius 3 is 1.86 bits per heavy atom. The molecule has 5 heteroatoms. The van der Waals surface area contributed by atoms with E-state index in [0.29, 0.717) is 6.08 Å². The number of isocyanates is 1. The van der Waals surface area contributed by atoms with E-state index in [0.717, 1.165) is 0 Å². The van der Waals surface area contributed by atoms with E-state index in [9.17, 15) is 0 Å². The van der Waals surface area contributed by atoms with E-state index in [4.69, 9.17) is 20.1 Å². The number of nitrogens with zero attached hydrogens (tertiary/aromatic N) is 1. The molecule has 0 saturated heterocycles. The van der Waals surface area contributed by atoms with Gasteiger partial charge in [0.05, 0.1) is 0 Å². The molecule has 0 amide bonds. The van der Waals surface area contributed by atoms with Gasteiger partial charge in [0, 0.05) is 0 Å². The highest BCUT2D eigenvalue weighted by Crippen LogP contribution is 1.60. The summed E-state index contributed by atoms with van der Waals surface area (Å²) in [5.74, 6) is 0. The predicted molar refractivity (Wildman–Crippen MR) is 20.3 cm³/mol. The summed E-state index contributed by atoms with van der Waals surface area (Å²) in [5, 5.41) is 15.4. The molecule has 0 aromatic heterocycles. The molecule has 0 atom stereocenters. The van der Waals surface area contributed by atoms with E-state index in [1.54, 1.807) is 0 Å². The number of carboxylic acid groups (broad SMARTS) is 1. The molecule has 0 aromatic rings. The molecule has 0 fully saturated rings. The van der Waals surface area contributed by atoms with Crippen molar-refractivity contribution < 1.29 is 14.7 Å². The molecule has 0 heterocycles. The van der Waals surface area contributed by atoms with Crippen LogP contribution in [-0.2, 0) is 4.79 Å². The van der Waals surface area contributed by atoms with Gasteiger partial charge in [-0.05, 0) is 6.08 Å². The summed E-state index contributed by atoms with van der Waals surface area (Å²) in [6.45, 7) is 0. The standard InChI is InChI=1S/CHClO2.CNO/c2-1(3)4;2-1-3/h(H,3,4);/q;-1/p-1. The van der Waals surface area contributed by atoms with Gasteiger partial charge in [-0.25, -0.2) is 0 Å². The summed E-state index contributed by atoms with van der Waals surface area (Å²) in [7, 11) is 0. The average molecular weight is 121 g/mol. The largest absolute Gasteiger partial charge is 0.724 e. The molecule has 0 N–H and O–H groups in total. The Morgan fingerprint density at radius 2 is 1.86 bits per heavy atom. The van der Waals surface area contributed by atoms with Crippen molar-refractivity contribution in [3.05, 3.63) is 5.41 Å². The van der Waals surface area contributed by atoms with Crippen LogP contribution < -0.4 is 5.11 Å². The highest BCUT2D eigenvalue weighted by molar-refractivity contribution is 6.59. The Kier molecular flexibility index (Phi) is 12.1.